The Morgan fingerprint density at radius 2 is 1.89 bits per heavy atom. The lowest BCUT2D eigenvalue weighted by molar-refractivity contribution is -0.116. The van der Waals surface area contributed by atoms with Crippen LogP contribution in [-0.4, -0.2) is 27.6 Å². The number of carbonyl (C=O) groups is 2. The molecule has 0 aliphatic carbocycles. The van der Waals surface area contributed by atoms with Gasteiger partial charge in [0.25, 0.3) is 5.22 Å². The zero-order valence-electron chi connectivity index (χ0n) is 15.8. The summed E-state index contributed by atoms with van der Waals surface area (Å²) >= 11 is 1.21. The van der Waals surface area contributed by atoms with Gasteiger partial charge in [0, 0.05) is 16.8 Å². The van der Waals surface area contributed by atoms with Crippen LogP contribution in [0.2, 0.25) is 0 Å². The number of fused-ring (bicyclic) bond motifs is 1. The van der Waals surface area contributed by atoms with Gasteiger partial charge < -0.3 is 9.73 Å². The van der Waals surface area contributed by atoms with Gasteiger partial charge >= 0.3 is 0 Å². The number of benzene rings is 2. The molecule has 1 aliphatic heterocycles. The minimum absolute atomic E-state index is 0.0428. The van der Waals surface area contributed by atoms with Gasteiger partial charge in [0.2, 0.25) is 11.8 Å². The van der Waals surface area contributed by atoms with Gasteiger partial charge in [-0.3, -0.25) is 9.59 Å². The molecule has 0 spiro atoms. The van der Waals surface area contributed by atoms with Crippen molar-refractivity contribution in [2.24, 2.45) is 0 Å². The minimum atomic E-state index is -0.244. The molecule has 3 aromatic rings. The molecule has 1 N–H and O–H groups in total. The second-order valence-corrected chi connectivity index (χ2v) is 7.90. The molecule has 1 atom stereocenters. The molecular weight excluding hydrogens is 374 g/mol. The fourth-order valence-electron chi connectivity index (χ4n) is 3.28. The molecule has 28 heavy (non-hydrogen) atoms. The SMILES string of the molecule is Cc1cc(C)cc(-c2nnc(SCC(=O)c3ccc4c(c3)[C@@H](C)C(=O)N4)o2)c1. The number of thioether (sulfide) groups is 1. The lowest BCUT2D eigenvalue weighted by Crippen LogP contribution is -2.08. The Balaban J connectivity index is 1.45. The largest absolute Gasteiger partial charge is 0.411 e. The predicted octanol–water partition coefficient (Wildman–Crippen LogP) is 4.38. The third-order valence-corrected chi connectivity index (χ3v) is 5.51. The number of nitrogens with one attached hydrogen (secondary N) is 1. The van der Waals surface area contributed by atoms with E-state index in [1.54, 1.807) is 18.2 Å². The summed E-state index contributed by atoms with van der Waals surface area (Å²) in [6.45, 7) is 5.86. The van der Waals surface area contributed by atoms with Crippen molar-refractivity contribution in [3.63, 3.8) is 0 Å². The van der Waals surface area contributed by atoms with E-state index in [2.05, 4.69) is 21.6 Å². The second-order valence-electron chi connectivity index (χ2n) is 6.97. The van der Waals surface area contributed by atoms with Crippen molar-refractivity contribution in [2.75, 3.05) is 11.1 Å². The van der Waals surface area contributed by atoms with E-state index in [1.165, 1.54) is 11.8 Å². The summed E-state index contributed by atoms with van der Waals surface area (Å²) in [5, 5.41) is 11.3. The lowest BCUT2D eigenvalue weighted by atomic mass is 9.99. The maximum atomic E-state index is 12.6. The lowest BCUT2D eigenvalue weighted by Gasteiger charge is -2.04. The van der Waals surface area contributed by atoms with E-state index < -0.39 is 0 Å². The Hall–Kier alpha value is -2.93. The zero-order chi connectivity index (χ0) is 19.8. The minimum Gasteiger partial charge on any atom is -0.411 e. The van der Waals surface area contributed by atoms with Gasteiger partial charge in [-0.1, -0.05) is 29.0 Å². The van der Waals surface area contributed by atoms with Crippen molar-refractivity contribution in [1.82, 2.24) is 10.2 Å². The van der Waals surface area contributed by atoms with Gasteiger partial charge in [0.05, 0.1) is 11.7 Å². The summed E-state index contributed by atoms with van der Waals surface area (Å²) < 4.78 is 5.70. The molecule has 1 aromatic heterocycles. The van der Waals surface area contributed by atoms with Crippen molar-refractivity contribution in [3.05, 3.63) is 58.7 Å². The van der Waals surface area contributed by atoms with Crippen LogP contribution in [0.5, 0.6) is 0 Å². The first-order chi connectivity index (χ1) is 13.4. The van der Waals surface area contributed by atoms with Crippen molar-refractivity contribution >= 4 is 29.1 Å². The molecule has 1 amide bonds. The van der Waals surface area contributed by atoms with Crippen LogP contribution >= 0.6 is 11.8 Å². The summed E-state index contributed by atoms with van der Waals surface area (Å²) in [5.74, 6) is 0.289. The fraction of sp³-hybridized carbons (Fsp3) is 0.238. The molecular formula is C21H19N3O3S. The smallest absolute Gasteiger partial charge is 0.277 e. The van der Waals surface area contributed by atoms with E-state index in [4.69, 9.17) is 4.42 Å². The molecule has 6 nitrogen and oxygen atoms in total. The number of amides is 1. The number of ketones is 1. The molecule has 0 fully saturated rings. The quantitative estimate of drug-likeness (QED) is 0.511. The van der Waals surface area contributed by atoms with Crippen molar-refractivity contribution in [2.45, 2.75) is 31.9 Å². The molecule has 7 heteroatoms. The summed E-state index contributed by atoms with van der Waals surface area (Å²) in [6, 6.07) is 11.3. The average molecular weight is 393 g/mol. The Labute approximate surface area is 166 Å². The molecule has 0 saturated carbocycles. The molecule has 2 aromatic carbocycles. The van der Waals surface area contributed by atoms with Gasteiger partial charge in [-0.25, -0.2) is 0 Å². The highest BCUT2D eigenvalue weighted by molar-refractivity contribution is 7.99. The number of rotatable bonds is 5. The summed E-state index contributed by atoms with van der Waals surface area (Å²) in [5.41, 5.74) is 5.32. The van der Waals surface area contributed by atoms with E-state index in [-0.39, 0.29) is 23.4 Å². The molecule has 2 heterocycles. The number of anilines is 1. The van der Waals surface area contributed by atoms with Crippen LogP contribution < -0.4 is 5.32 Å². The fourth-order valence-corrected chi connectivity index (χ4v) is 3.94. The average Bonchev–Trinajstić information content (AvgIpc) is 3.24. The highest BCUT2D eigenvalue weighted by Gasteiger charge is 2.27. The molecule has 1 aliphatic rings. The van der Waals surface area contributed by atoms with Crippen LogP contribution in [0.1, 0.15) is 39.9 Å². The third kappa shape index (κ3) is 3.57. The third-order valence-electron chi connectivity index (χ3n) is 4.69. The van der Waals surface area contributed by atoms with Crippen LogP contribution in [0.25, 0.3) is 11.5 Å². The Kier molecular flexibility index (Phi) is 4.77. The molecule has 0 saturated heterocycles. The molecule has 0 unspecified atom stereocenters. The normalized spacial score (nSPS) is 15.4. The van der Waals surface area contributed by atoms with E-state index in [0.717, 1.165) is 27.9 Å². The number of carbonyl (C=O) groups excluding carboxylic acids is 2. The number of Topliss-reactive ketones (excluding diaryl/α,β-unsaturated/α-hetero) is 1. The van der Waals surface area contributed by atoms with E-state index >= 15 is 0 Å². The van der Waals surface area contributed by atoms with Crippen LogP contribution in [0, 0.1) is 13.8 Å². The first kappa shape index (κ1) is 18.4. The maximum Gasteiger partial charge on any atom is 0.277 e. The number of nitrogens with zero attached hydrogens (tertiary/aromatic N) is 2. The van der Waals surface area contributed by atoms with Gasteiger partial charge in [-0.2, -0.15) is 0 Å². The Morgan fingerprint density at radius 1 is 1.14 bits per heavy atom. The Morgan fingerprint density at radius 3 is 2.64 bits per heavy atom. The van der Waals surface area contributed by atoms with Crippen LogP contribution in [0.15, 0.2) is 46.0 Å². The summed E-state index contributed by atoms with van der Waals surface area (Å²) in [7, 11) is 0. The van der Waals surface area contributed by atoms with Crippen molar-refractivity contribution in [1.29, 1.82) is 0 Å². The van der Waals surface area contributed by atoms with Gasteiger partial charge in [0.15, 0.2) is 5.78 Å². The van der Waals surface area contributed by atoms with Crippen LogP contribution in [0.4, 0.5) is 5.69 Å². The van der Waals surface area contributed by atoms with Gasteiger partial charge in [0.1, 0.15) is 0 Å². The number of hydrogen-bond acceptors (Lipinski definition) is 6. The first-order valence-electron chi connectivity index (χ1n) is 8.93. The van der Waals surface area contributed by atoms with E-state index in [1.807, 2.05) is 32.9 Å². The molecule has 0 bridgehead atoms. The predicted molar refractivity (Wildman–Crippen MR) is 108 cm³/mol. The molecule has 4 rings (SSSR count). The van der Waals surface area contributed by atoms with Crippen molar-refractivity contribution < 1.29 is 14.0 Å². The van der Waals surface area contributed by atoms with Crippen LogP contribution in [-0.2, 0) is 4.79 Å². The number of hydrogen-bond donors (Lipinski definition) is 1. The number of aromatic nitrogens is 2. The van der Waals surface area contributed by atoms with Crippen molar-refractivity contribution in [3.8, 4) is 11.5 Å². The summed E-state index contributed by atoms with van der Waals surface area (Å²) in [6.07, 6.45) is 0. The Bertz CT molecular complexity index is 1070. The highest BCUT2D eigenvalue weighted by Crippen LogP contribution is 2.33. The van der Waals surface area contributed by atoms with Gasteiger partial charge in [-0.05, 0) is 56.7 Å². The van der Waals surface area contributed by atoms with E-state index in [9.17, 15) is 9.59 Å². The zero-order valence-corrected chi connectivity index (χ0v) is 16.6. The van der Waals surface area contributed by atoms with Crippen LogP contribution in [0.3, 0.4) is 0 Å². The number of aryl methyl sites for hydroxylation is 2. The monoisotopic (exact) mass is 393 g/mol. The first-order valence-corrected chi connectivity index (χ1v) is 9.92. The highest BCUT2D eigenvalue weighted by atomic mass is 32.2. The second kappa shape index (κ2) is 7.24. The molecule has 142 valence electrons. The van der Waals surface area contributed by atoms with Gasteiger partial charge in [-0.15, -0.1) is 10.2 Å². The summed E-state index contributed by atoms with van der Waals surface area (Å²) in [4.78, 5) is 24.3. The molecule has 0 radical (unpaired) electrons. The van der Waals surface area contributed by atoms with E-state index in [0.29, 0.717) is 16.7 Å². The maximum absolute atomic E-state index is 12.6. The standard InChI is InChI=1S/C21H19N3O3S/c1-11-6-12(2)8-15(7-11)20-23-24-21(27-20)28-10-18(25)14-4-5-17-16(9-14)13(3)19(26)22-17/h4-9,13H,10H2,1-3H3,(H,22,26)/t13-/m1/s1. The topological polar surface area (TPSA) is 85.1 Å².